The van der Waals surface area contributed by atoms with E-state index in [4.69, 9.17) is 10.5 Å². The number of methoxy groups -OCH3 is 1. The number of nitrogens with zero attached hydrogens (tertiary/aromatic N) is 2. The molecule has 0 aliphatic heterocycles. The lowest BCUT2D eigenvalue weighted by molar-refractivity contribution is -0.138. The summed E-state index contributed by atoms with van der Waals surface area (Å²) in [4.78, 5) is 29.5. The molecule has 0 saturated carbocycles. The minimum absolute atomic E-state index is 0.178. The molecule has 2 N–H and O–H groups in total. The minimum atomic E-state index is -4.85. The summed E-state index contributed by atoms with van der Waals surface area (Å²) in [5.41, 5.74) is 4.18. The molecule has 2 aromatic carbocycles. The lowest BCUT2D eigenvalue weighted by Crippen LogP contribution is -2.30. The van der Waals surface area contributed by atoms with Gasteiger partial charge in [-0.1, -0.05) is 12.1 Å². The quantitative estimate of drug-likeness (QED) is 0.506. The molecule has 6 nitrogen and oxygen atoms in total. The number of nitrogens with two attached hydrogens (primary N) is 1. The van der Waals surface area contributed by atoms with E-state index in [1.165, 1.54) is 50.8 Å². The van der Waals surface area contributed by atoms with Crippen molar-refractivity contribution in [3.63, 3.8) is 0 Å². The molecule has 0 unspecified atom stereocenters. The monoisotopic (exact) mass is 475 g/mol. The number of carbonyl (C=O) groups excluding carboxylic acids is 2. The molecule has 3 aromatic rings. The van der Waals surface area contributed by atoms with Crippen molar-refractivity contribution in [2.45, 2.75) is 19.0 Å². The molecule has 1 heterocycles. The predicted octanol–water partition coefficient (Wildman–Crippen LogP) is 4.61. The van der Waals surface area contributed by atoms with Gasteiger partial charge >= 0.3 is 6.18 Å². The van der Waals surface area contributed by atoms with Gasteiger partial charge in [-0.05, 0) is 36.2 Å². The molecule has 0 fully saturated rings. The van der Waals surface area contributed by atoms with Crippen molar-refractivity contribution in [1.82, 2.24) is 4.98 Å². The summed E-state index contributed by atoms with van der Waals surface area (Å²) in [6.45, 7) is 0. The zero-order valence-corrected chi connectivity index (χ0v) is 18.3. The first-order valence-corrected chi connectivity index (χ1v) is 10.1. The Morgan fingerprint density at radius 1 is 1.12 bits per heavy atom. The number of hydrogen-bond donors (Lipinski definition) is 1. The second-order valence-corrected chi connectivity index (χ2v) is 7.41. The van der Waals surface area contributed by atoms with E-state index < -0.39 is 34.9 Å². The number of alkyl halides is 3. The SMILES string of the molecule is COc1cc(F)ccc1-c1ccncc1N(C)C(=O)c1cccc(CCC(N)=O)c1C(F)(F)F. The van der Waals surface area contributed by atoms with Crippen LogP contribution in [0.2, 0.25) is 0 Å². The lowest BCUT2D eigenvalue weighted by Gasteiger charge is -2.24. The summed E-state index contributed by atoms with van der Waals surface area (Å²) < 4.78 is 60.9. The van der Waals surface area contributed by atoms with Crippen LogP contribution < -0.4 is 15.4 Å². The van der Waals surface area contributed by atoms with Gasteiger partial charge in [0.15, 0.2) is 0 Å². The first kappa shape index (κ1) is 24.7. The lowest BCUT2D eigenvalue weighted by atomic mass is 9.95. The van der Waals surface area contributed by atoms with Crippen molar-refractivity contribution in [1.29, 1.82) is 0 Å². The zero-order chi connectivity index (χ0) is 25.0. The Hall–Kier alpha value is -3.95. The van der Waals surface area contributed by atoms with E-state index in [0.29, 0.717) is 11.1 Å². The van der Waals surface area contributed by atoms with E-state index in [9.17, 15) is 27.2 Å². The topological polar surface area (TPSA) is 85.5 Å². The van der Waals surface area contributed by atoms with Crippen molar-refractivity contribution in [3.8, 4) is 16.9 Å². The van der Waals surface area contributed by atoms with Crippen molar-refractivity contribution in [2.24, 2.45) is 5.73 Å². The van der Waals surface area contributed by atoms with Crippen LogP contribution >= 0.6 is 0 Å². The number of amides is 2. The summed E-state index contributed by atoms with van der Waals surface area (Å²) in [5, 5.41) is 0. The Morgan fingerprint density at radius 3 is 2.50 bits per heavy atom. The van der Waals surface area contributed by atoms with Crippen LogP contribution in [0.25, 0.3) is 11.1 Å². The van der Waals surface area contributed by atoms with Gasteiger partial charge in [0, 0.05) is 36.9 Å². The summed E-state index contributed by atoms with van der Waals surface area (Å²) in [6, 6.07) is 8.95. The number of anilines is 1. The van der Waals surface area contributed by atoms with Crippen LogP contribution in [-0.4, -0.2) is 31.0 Å². The highest BCUT2D eigenvalue weighted by Crippen LogP contribution is 2.39. The Balaban J connectivity index is 2.10. The summed E-state index contributed by atoms with van der Waals surface area (Å²) in [6.07, 6.45) is -2.66. The highest BCUT2D eigenvalue weighted by molar-refractivity contribution is 6.09. The van der Waals surface area contributed by atoms with Gasteiger partial charge in [-0.2, -0.15) is 13.2 Å². The fraction of sp³-hybridized carbons (Fsp3) is 0.208. The second kappa shape index (κ2) is 9.90. The molecule has 10 heteroatoms. The Kier molecular flexibility index (Phi) is 7.19. The molecule has 178 valence electrons. The van der Waals surface area contributed by atoms with E-state index in [1.807, 2.05) is 0 Å². The minimum Gasteiger partial charge on any atom is -0.496 e. The average Bonchev–Trinajstić information content (AvgIpc) is 2.80. The van der Waals surface area contributed by atoms with Crippen molar-refractivity contribution < 1.29 is 31.9 Å². The maximum Gasteiger partial charge on any atom is 0.417 e. The van der Waals surface area contributed by atoms with Gasteiger partial charge in [0.25, 0.3) is 5.91 Å². The molecule has 0 saturated heterocycles. The molecule has 0 aliphatic rings. The van der Waals surface area contributed by atoms with Crippen LogP contribution in [0.3, 0.4) is 0 Å². The number of aromatic nitrogens is 1. The third kappa shape index (κ3) is 5.16. The van der Waals surface area contributed by atoms with E-state index >= 15 is 0 Å². The van der Waals surface area contributed by atoms with E-state index in [0.717, 1.165) is 17.0 Å². The maximum absolute atomic E-state index is 14.0. The Bertz CT molecular complexity index is 1230. The number of ether oxygens (including phenoxy) is 1. The molecule has 3 rings (SSSR count). The van der Waals surface area contributed by atoms with Gasteiger partial charge in [-0.15, -0.1) is 0 Å². The summed E-state index contributed by atoms with van der Waals surface area (Å²) in [5.74, 6) is -2.06. The number of aryl methyl sites for hydroxylation is 1. The normalized spacial score (nSPS) is 11.2. The van der Waals surface area contributed by atoms with Crippen LogP contribution in [0, 0.1) is 5.82 Å². The number of carbonyl (C=O) groups is 2. The van der Waals surface area contributed by atoms with Crippen LogP contribution in [0.4, 0.5) is 23.2 Å². The molecule has 0 atom stereocenters. The van der Waals surface area contributed by atoms with Gasteiger partial charge < -0.3 is 15.4 Å². The first-order chi connectivity index (χ1) is 16.0. The fourth-order valence-electron chi connectivity index (χ4n) is 3.64. The number of pyridine rings is 1. The number of hydrogen-bond acceptors (Lipinski definition) is 4. The van der Waals surface area contributed by atoms with Gasteiger partial charge in [0.2, 0.25) is 5.91 Å². The molecule has 34 heavy (non-hydrogen) atoms. The number of benzene rings is 2. The highest BCUT2D eigenvalue weighted by atomic mass is 19.4. The van der Waals surface area contributed by atoms with Crippen LogP contribution in [0.15, 0.2) is 54.9 Å². The average molecular weight is 475 g/mol. The fourth-order valence-corrected chi connectivity index (χ4v) is 3.64. The van der Waals surface area contributed by atoms with Gasteiger partial charge in [0.1, 0.15) is 11.6 Å². The standard InChI is InChI=1S/C24H21F4N3O3/c1-31(19-13-30-11-10-16(19)17-8-7-15(25)12-20(17)34-2)23(33)18-5-3-4-14(6-9-21(29)32)22(18)24(26,27)28/h3-5,7-8,10-13H,6,9H2,1-2H3,(H2,29,32). The smallest absolute Gasteiger partial charge is 0.417 e. The zero-order valence-electron chi connectivity index (χ0n) is 18.3. The molecule has 0 bridgehead atoms. The van der Waals surface area contributed by atoms with Gasteiger partial charge in [0.05, 0.1) is 30.1 Å². The largest absolute Gasteiger partial charge is 0.496 e. The third-order valence-electron chi connectivity index (χ3n) is 5.23. The summed E-state index contributed by atoms with van der Waals surface area (Å²) in [7, 11) is 2.66. The van der Waals surface area contributed by atoms with Gasteiger partial charge in [-0.25, -0.2) is 4.39 Å². The first-order valence-electron chi connectivity index (χ1n) is 10.1. The van der Waals surface area contributed by atoms with Crippen LogP contribution in [-0.2, 0) is 17.4 Å². The summed E-state index contributed by atoms with van der Waals surface area (Å²) >= 11 is 0. The van der Waals surface area contributed by atoms with Crippen molar-refractivity contribution >= 4 is 17.5 Å². The number of primary amides is 1. The Labute approximate surface area is 193 Å². The molecule has 2 amide bonds. The maximum atomic E-state index is 14.0. The third-order valence-corrected chi connectivity index (χ3v) is 5.23. The van der Waals surface area contributed by atoms with Crippen LogP contribution in [0.5, 0.6) is 5.75 Å². The second-order valence-electron chi connectivity index (χ2n) is 7.41. The molecule has 0 aliphatic carbocycles. The Morgan fingerprint density at radius 2 is 1.85 bits per heavy atom. The predicted molar refractivity (Wildman–Crippen MR) is 118 cm³/mol. The number of rotatable bonds is 7. The molecule has 1 aromatic heterocycles. The molecule has 0 radical (unpaired) electrons. The van der Waals surface area contributed by atoms with Crippen molar-refractivity contribution in [2.75, 3.05) is 19.1 Å². The highest BCUT2D eigenvalue weighted by Gasteiger charge is 2.38. The van der Waals surface area contributed by atoms with E-state index in [2.05, 4.69) is 4.98 Å². The van der Waals surface area contributed by atoms with Crippen LogP contribution in [0.1, 0.15) is 27.9 Å². The van der Waals surface area contributed by atoms with Crippen molar-refractivity contribution in [3.05, 3.63) is 77.4 Å². The molecular weight excluding hydrogens is 454 g/mol. The number of halogens is 4. The van der Waals surface area contributed by atoms with E-state index in [-0.39, 0.29) is 29.8 Å². The molecule has 0 spiro atoms. The van der Waals surface area contributed by atoms with Gasteiger partial charge in [-0.3, -0.25) is 14.6 Å². The molecular formula is C24H21F4N3O3. The van der Waals surface area contributed by atoms with E-state index in [1.54, 1.807) is 6.07 Å².